The molecule has 0 unspecified atom stereocenters. The van der Waals surface area contributed by atoms with Crippen LogP contribution in [0.15, 0.2) is 18.2 Å². The number of nitrogens with one attached hydrogen (secondary N) is 2. The van der Waals surface area contributed by atoms with Gasteiger partial charge in [-0.05, 0) is 44.1 Å². The zero-order valence-corrected chi connectivity index (χ0v) is 13.1. The Bertz CT molecular complexity index is 544. The summed E-state index contributed by atoms with van der Waals surface area (Å²) in [5.41, 5.74) is 0.610. The molecule has 0 aliphatic carbocycles. The van der Waals surface area contributed by atoms with Crippen molar-refractivity contribution in [2.75, 3.05) is 32.1 Å². The number of benzene rings is 1. The molecule has 0 aromatic heterocycles. The van der Waals surface area contributed by atoms with E-state index in [9.17, 15) is 9.59 Å². The second-order valence-electron chi connectivity index (χ2n) is 5.02. The Morgan fingerprint density at radius 2 is 2.09 bits per heavy atom. The number of methoxy groups -OCH3 is 1. The highest BCUT2D eigenvalue weighted by molar-refractivity contribution is 6.32. The van der Waals surface area contributed by atoms with Crippen molar-refractivity contribution in [3.8, 4) is 5.75 Å². The standard InChI is InChI=1S/C15H19ClN2O4/c1-21-14(19)9-22-13-3-2-11(8-12(13)16)18-15(20)10-4-6-17-7-5-10/h2-3,8,10,17H,4-7,9H2,1H3,(H,18,20). The van der Waals surface area contributed by atoms with E-state index in [1.165, 1.54) is 7.11 Å². The van der Waals surface area contributed by atoms with Gasteiger partial charge in [0.1, 0.15) is 5.75 Å². The van der Waals surface area contributed by atoms with E-state index in [2.05, 4.69) is 15.4 Å². The Kier molecular flexibility index (Phi) is 6.03. The van der Waals surface area contributed by atoms with Gasteiger partial charge < -0.3 is 20.1 Å². The van der Waals surface area contributed by atoms with Gasteiger partial charge in [0.05, 0.1) is 12.1 Å². The quantitative estimate of drug-likeness (QED) is 0.807. The molecule has 6 nitrogen and oxygen atoms in total. The largest absolute Gasteiger partial charge is 0.480 e. The van der Waals surface area contributed by atoms with Crippen LogP contribution in [0.2, 0.25) is 5.02 Å². The van der Waals surface area contributed by atoms with Gasteiger partial charge >= 0.3 is 5.97 Å². The van der Waals surface area contributed by atoms with Crippen molar-refractivity contribution in [2.45, 2.75) is 12.8 Å². The maximum Gasteiger partial charge on any atom is 0.343 e. The zero-order chi connectivity index (χ0) is 15.9. The number of esters is 1. The van der Waals surface area contributed by atoms with Gasteiger partial charge in [0.15, 0.2) is 6.61 Å². The first-order chi connectivity index (χ1) is 10.6. The fourth-order valence-corrected chi connectivity index (χ4v) is 2.45. The van der Waals surface area contributed by atoms with E-state index in [4.69, 9.17) is 16.3 Å². The van der Waals surface area contributed by atoms with Crippen LogP contribution >= 0.6 is 11.6 Å². The fraction of sp³-hybridized carbons (Fsp3) is 0.467. The third-order valence-corrected chi connectivity index (χ3v) is 3.78. The zero-order valence-electron chi connectivity index (χ0n) is 12.4. The lowest BCUT2D eigenvalue weighted by molar-refractivity contribution is -0.142. The molecule has 1 aromatic rings. The Balaban J connectivity index is 1.93. The average molecular weight is 327 g/mol. The highest BCUT2D eigenvalue weighted by Crippen LogP contribution is 2.28. The van der Waals surface area contributed by atoms with Crippen LogP contribution in [0.5, 0.6) is 5.75 Å². The van der Waals surface area contributed by atoms with Crippen LogP contribution in [-0.4, -0.2) is 38.7 Å². The number of ether oxygens (including phenoxy) is 2. The summed E-state index contributed by atoms with van der Waals surface area (Å²) in [6, 6.07) is 4.91. The van der Waals surface area contributed by atoms with Crippen LogP contribution in [0.3, 0.4) is 0 Å². The summed E-state index contributed by atoms with van der Waals surface area (Å²) in [6.45, 7) is 1.51. The number of carbonyl (C=O) groups is 2. The Morgan fingerprint density at radius 3 is 2.73 bits per heavy atom. The van der Waals surface area contributed by atoms with Crippen molar-refractivity contribution in [3.05, 3.63) is 23.2 Å². The van der Waals surface area contributed by atoms with Gasteiger partial charge in [0.25, 0.3) is 0 Å². The molecule has 2 rings (SSSR count). The first-order valence-corrected chi connectivity index (χ1v) is 7.48. The predicted octanol–water partition coefficient (Wildman–Crippen LogP) is 1.83. The van der Waals surface area contributed by atoms with Crippen LogP contribution in [-0.2, 0) is 14.3 Å². The summed E-state index contributed by atoms with van der Waals surface area (Å²) >= 11 is 6.09. The highest BCUT2D eigenvalue weighted by atomic mass is 35.5. The van der Waals surface area contributed by atoms with Crippen LogP contribution in [0.1, 0.15) is 12.8 Å². The third kappa shape index (κ3) is 4.61. The number of amides is 1. The van der Waals surface area contributed by atoms with E-state index in [1.54, 1.807) is 18.2 Å². The minimum absolute atomic E-state index is 0.000737. The van der Waals surface area contributed by atoms with E-state index < -0.39 is 5.97 Å². The molecule has 1 amide bonds. The van der Waals surface area contributed by atoms with Crippen LogP contribution in [0.25, 0.3) is 0 Å². The van der Waals surface area contributed by atoms with Gasteiger partial charge in [0, 0.05) is 11.6 Å². The summed E-state index contributed by atoms with van der Waals surface area (Å²) in [7, 11) is 1.28. The summed E-state index contributed by atoms with van der Waals surface area (Å²) in [5, 5.41) is 6.41. The maximum absolute atomic E-state index is 12.1. The number of anilines is 1. The first kappa shape index (κ1) is 16.6. The van der Waals surface area contributed by atoms with Crippen LogP contribution in [0.4, 0.5) is 5.69 Å². The van der Waals surface area contributed by atoms with E-state index >= 15 is 0 Å². The Labute approximate surface area is 134 Å². The van der Waals surface area contributed by atoms with Crippen molar-refractivity contribution in [2.24, 2.45) is 5.92 Å². The molecule has 0 bridgehead atoms. The minimum Gasteiger partial charge on any atom is -0.480 e. The molecule has 0 spiro atoms. The van der Waals surface area contributed by atoms with E-state index in [0.29, 0.717) is 16.5 Å². The number of piperidine rings is 1. The molecular formula is C15H19ClN2O4. The number of halogens is 1. The lowest BCUT2D eigenvalue weighted by Gasteiger charge is -2.21. The minimum atomic E-state index is -0.487. The van der Waals surface area contributed by atoms with E-state index in [-0.39, 0.29) is 18.4 Å². The van der Waals surface area contributed by atoms with Crippen molar-refractivity contribution in [1.82, 2.24) is 5.32 Å². The van der Waals surface area contributed by atoms with Gasteiger partial charge in [0.2, 0.25) is 5.91 Å². The molecule has 22 heavy (non-hydrogen) atoms. The molecule has 1 saturated heterocycles. The van der Waals surface area contributed by atoms with Gasteiger partial charge in [-0.25, -0.2) is 4.79 Å². The van der Waals surface area contributed by atoms with Crippen molar-refractivity contribution < 1.29 is 19.1 Å². The first-order valence-electron chi connectivity index (χ1n) is 7.11. The average Bonchev–Trinajstić information content (AvgIpc) is 2.54. The number of hydrogen-bond acceptors (Lipinski definition) is 5. The fourth-order valence-electron chi connectivity index (χ4n) is 2.22. The Morgan fingerprint density at radius 1 is 1.36 bits per heavy atom. The Hall–Kier alpha value is -1.79. The van der Waals surface area contributed by atoms with Gasteiger partial charge in [-0.3, -0.25) is 4.79 Å². The van der Waals surface area contributed by atoms with Gasteiger partial charge in [-0.1, -0.05) is 11.6 Å². The number of rotatable bonds is 5. The van der Waals surface area contributed by atoms with E-state index in [1.807, 2.05) is 0 Å². The number of carbonyl (C=O) groups excluding carboxylic acids is 2. The third-order valence-electron chi connectivity index (χ3n) is 3.48. The number of hydrogen-bond donors (Lipinski definition) is 2. The van der Waals surface area contributed by atoms with Gasteiger partial charge in [-0.15, -0.1) is 0 Å². The normalized spacial score (nSPS) is 15.2. The predicted molar refractivity (Wildman–Crippen MR) is 83.2 cm³/mol. The van der Waals surface area contributed by atoms with Crippen molar-refractivity contribution >= 4 is 29.2 Å². The van der Waals surface area contributed by atoms with Gasteiger partial charge in [-0.2, -0.15) is 0 Å². The summed E-state index contributed by atoms with van der Waals surface area (Å²) in [6.07, 6.45) is 1.67. The maximum atomic E-state index is 12.1. The van der Waals surface area contributed by atoms with Crippen LogP contribution in [0, 0.1) is 5.92 Å². The molecule has 1 aliphatic heterocycles. The van der Waals surface area contributed by atoms with Crippen LogP contribution < -0.4 is 15.4 Å². The molecule has 0 saturated carbocycles. The SMILES string of the molecule is COC(=O)COc1ccc(NC(=O)C2CCNCC2)cc1Cl. The monoisotopic (exact) mass is 326 g/mol. The molecule has 120 valence electrons. The molecule has 1 fully saturated rings. The summed E-state index contributed by atoms with van der Waals surface area (Å²) < 4.78 is 9.72. The molecule has 0 atom stereocenters. The summed E-state index contributed by atoms with van der Waals surface area (Å²) in [5.74, 6) is -0.0950. The molecule has 1 heterocycles. The lowest BCUT2D eigenvalue weighted by atomic mass is 9.97. The molecule has 1 aromatic carbocycles. The lowest BCUT2D eigenvalue weighted by Crippen LogP contribution is -2.34. The highest BCUT2D eigenvalue weighted by Gasteiger charge is 2.21. The summed E-state index contributed by atoms with van der Waals surface area (Å²) in [4.78, 5) is 23.2. The molecule has 7 heteroatoms. The van der Waals surface area contributed by atoms with Crippen molar-refractivity contribution in [1.29, 1.82) is 0 Å². The molecule has 0 radical (unpaired) electrons. The topological polar surface area (TPSA) is 76.7 Å². The smallest absolute Gasteiger partial charge is 0.343 e. The molecule has 1 aliphatic rings. The molecule has 2 N–H and O–H groups in total. The van der Waals surface area contributed by atoms with Crippen molar-refractivity contribution in [3.63, 3.8) is 0 Å². The van der Waals surface area contributed by atoms with E-state index in [0.717, 1.165) is 25.9 Å². The second kappa shape index (κ2) is 8.00. The molecular weight excluding hydrogens is 308 g/mol. The second-order valence-corrected chi connectivity index (χ2v) is 5.43.